The highest BCUT2D eigenvalue weighted by atomic mass is 79.9. The number of rotatable bonds is 11. The van der Waals surface area contributed by atoms with Crippen molar-refractivity contribution in [3.05, 3.63) is 63.6 Å². The smallest absolute Gasteiger partial charge is 0.244 e. The molecule has 0 heterocycles. The van der Waals surface area contributed by atoms with E-state index >= 15 is 0 Å². The van der Waals surface area contributed by atoms with Crippen LogP contribution in [0.1, 0.15) is 43.4 Å². The van der Waals surface area contributed by atoms with Crippen molar-refractivity contribution in [2.75, 3.05) is 23.7 Å². The first-order valence-electron chi connectivity index (χ1n) is 11.3. The molecule has 0 radical (unpaired) electrons. The second kappa shape index (κ2) is 12.4. The summed E-state index contributed by atoms with van der Waals surface area (Å²) in [6.07, 6.45) is 2.86. The monoisotopic (exact) mass is 551 g/mol. The Morgan fingerprint density at radius 2 is 1.79 bits per heavy atom. The zero-order valence-corrected chi connectivity index (χ0v) is 22.9. The number of unbranched alkanes of at least 4 members (excludes halogenated alkanes) is 1. The molecular weight excluding hydrogens is 518 g/mol. The van der Waals surface area contributed by atoms with Crippen molar-refractivity contribution in [1.82, 2.24) is 10.2 Å². The first kappa shape index (κ1) is 27.9. The van der Waals surface area contributed by atoms with Gasteiger partial charge in [-0.2, -0.15) is 0 Å². The van der Waals surface area contributed by atoms with E-state index in [9.17, 15) is 18.0 Å². The molecule has 2 aromatic carbocycles. The molecule has 1 atom stereocenters. The Bertz CT molecular complexity index is 1120. The average Bonchev–Trinajstić information content (AvgIpc) is 2.76. The Balaban J connectivity index is 2.37. The number of carbonyl (C=O) groups excluding carboxylic acids is 2. The van der Waals surface area contributed by atoms with Crippen molar-refractivity contribution in [3.63, 3.8) is 0 Å². The third-order valence-electron chi connectivity index (χ3n) is 5.70. The number of hydrogen-bond donors (Lipinski definition) is 1. The maximum Gasteiger partial charge on any atom is 0.244 e. The van der Waals surface area contributed by atoms with Crippen LogP contribution in [0.2, 0.25) is 0 Å². The van der Waals surface area contributed by atoms with Gasteiger partial charge in [-0.15, -0.1) is 0 Å². The summed E-state index contributed by atoms with van der Waals surface area (Å²) in [4.78, 5) is 27.8. The van der Waals surface area contributed by atoms with E-state index in [1.165, 1.54) is 4.90 Å². The van der Waals surface area contributed by atoms with Crippen LogP contribution >= 0.6 is 15.9 Å². The van der Waals surface area contributed by atoms with Crippen molar-refractivity contribution in [2.24, 2.45) is 0 Å². The van der Waals surface area contributed by atoms with Crippen LogP contribution in [-0.4, -0.2) is 50.5 Å². The summed E-state index contributed by atoms with van der Waals surface area (Å²) in [5, 5.41) is 2.87. The van der Waals surface area contributed by atoms with E-state index in [-0.39, 0.29) is 12.5 Å². The Hall–Kier alpha value is -2.39. The lowest BCUT2D eigenvalue weighted by Crippen LogP contribution is -2.51. The van der Waals surface area contributed by atoms with Gasteiger partial charge >= 0.3 is 0 Å². The molecule has 0 aliphatic carbocycles. The molecule has 9 heteroatoms. The summed E-state index contributed by atoms with van der Waals surface area (Å²) in [6, 6.07) is 12.0. The molecule has 0 spiro atoms. The van der Waals surface area contributed by atoms with Gasteiger partial charge in [0.05, 0.1) is 11.9 Å². The highest BCUT2D eigenvalue weighted by Crippen LogP contribution is 2.22. The summed E-state index contributed by atoms with van der Waals surface area (Å²) >= 11 is 3.44. The van der Waals surface area contributed by atoms with E-state index in [0.717, 1.165) is 44.6 Å². The lowest BCUT2D eigenvalue weighted by atomic mass is 10.1. The van der Waals surface area contributed by atoms with E-state index in [0.29, 0.717) is 12.2 Å². The van der Waals surface area contributed by atoms with Crippen molar-refractivity contribution in [1.29, 1.82) is 0 Å². The van der Waals surface area contributed by atoms with Crippen LogP contribution in [0.15, 0.2) is 46.9 Å². The van der Waals surface area contributed by atoms with Crippen LogP contribution in [0, 0.1) is 13.8 Å². The van der Waals surface area contributed by atoms with Crippen molar-refractivity contribution >= 4 is 43.5 Å². The maximum absolute atomic E-state index is 13.5. The molecule has 0 aromatic heterocycles. The fourth-order valence-electron chi connectivity index (χ4n) is 3.45. The predicted molar refractivity (Wildman–Crippen MR) is 140 cm³/mol. The number of halogens is 1. The van der Waals surface area contributed by atoms with Gasteiger partial charge in [-0.1, -0.05) is 47.5 Å². The molecule has 1 unspecified atom stereocenters. The fraction of sp³-hybridized carbons (Fsp3) is 0.440. The molecule has 34 heavy (non-hydrogen) atoms. The standard InChI is InChI=1S/C25H34BrN3O4S/c1-6-7-13-27-25(31)20(4)28(16-21-9-8-10-22(26)15-21)24(30)17-29(34(5,32)33)23-12-11-18(2)19(3)14-23/h8-12,14-15,20H,6-7,13,16-17H2,1-5H3,(H,27,31). The first-order valence-corrected chi connectivity index (χ1v) is 13.9. The van der Waals surface area contributed by atoms with Gasteiger partial charge in [-0.3, -0.25) is 13.9 Å². The largest absolute Gasteiger partial charge is 0.354 e. The van der Waals surface area contributed by atoms with Gasteiger partial charge in [0.25, 0.3) is 0 Å². The lowest BCUT2D eigenvalue weighted by Gasteiger charge is -2.31. The van der Waals surface area contributed by atoms with Crippen LogP contribution < -0.4 is 9.62 Å². The molecule has 2 rings (SSSR count). The number of carbonyl (C=O) groups is 2. The zero-order valence-electron chi connectivity index (χ0n) is 20.5. The zero-order chi connectivity index (χ0) is 25.5. The quantitative estimate of drug-likeness (QED) is 0.424. The molecule has 2 aromatic rings. The number of anilines is 1. The molecule has 0 saturated heterocycles. The number of hydrogen-bond acceptors (Lipinski definition) is 4. The van der Waals surface area contributed by atoms with Crippen molar-refractivity contribution in [3.8, 4) is 0 Å². The molecule has 1 N–H and O–H groups in total. The predicted octanol–water partition coefficient (Wildman–Crippen LogP) is 4.17. The Morgan fingerprint density at radius 1 is 1.09 bits per heavy atom. The number of sulfonamides is 1. The summed E-state index contributed by atoms with van der Waals surface area (Å²) < 4.78 is 27.2. The number of amides is 2. The van der Waals surface area contributed by atoms with E-state index in [2.05, 4.69) is 21.2 Å². The van der Waals surface area contributed by atoms with Crippen LogP contribution in [0.5, 0.6) is 0 Å². The highest BCUT2D eigenvalue weighted by Gasteiger charge is 2.30. The third kappa shape index (κ3) is 7.84. The first-order chi connectivity index (χ1) is 15.9. The minimum absolute atomic E-state index is 0.172. The van der Waals surface area contributed by atoms with Gasteiger partial charge < -0.3 is 10.2 Å². The molecular formula is C25H34BrN3O4S. The Morgan fingerprint density at radius 3 is 2.38 bits per heavy atom. The van der Waals surface area contributed by atoms with Gasteiger partial charge in [0.15, 0.2) is 0 Å². The molecule has 186 valence electrons. The van der Waals surface area contributed by atoms with Gasteiger partial charge in [-0.05, 0) is 68.1 Å². The van der Waals surface area contributed by atoms with Gasteiger partial charge in [-0.25, -0.2) is 8.42 Å². The van der Waals surface area contributed by atoms with E-state index in [1.807, 2.05) is 51.1 Å². The number of aryl methyl sites for hydroxylation is 2. The highest BCUT2D eigenvalue weighted by molar-refractivity contribution is 9.10. The van der Waals surface area contributed by atoms with Crippen molar-refractivity contribution < 1.29 is 18.0 Å². The second-order valence-electron chi connectivity index (χ2n) is 8.51. The maximum atomic E-state index is 13.5. The Labute approximate surface area is 211 Å². The van der Waals surface area contributed by atoms with E-state index in [4.69, 9.17) is 0 Å². The van der Waals surface area contributed by atoms with Crippen LogP contribution in [-0.2, 0) is 26.2 Å². The molecule has 7 nitrogen and oxygen atoms in total. The minimum atomic E-state index is -3.74. The number of nitrogens with one attached hydrogen (secondary N) is 1. The van der Waals surface area contributed by atoms with Gasteiger partial charge in [0.1, 0.15) is 12.6 Å². The lowest BCUT2D eigenvalue weighted by molar-refractivity contribution is -0.139. The summed E-state index contributed by atoms with van der Waals surface area (Å²) in [5.74, 6) is -0.726. The van der Waals surface area contributed by atoms with E-state index < -0.39 is 28.5 Å². The number of nitrogens with zero attached hydrogens (tertiary/aromatic N) is 2. The summed E-state index contributed by atoms with van der Waals surface area (Å²) in [5.41, 5.74) is 3.19. The molecule has 0 bridgehead atoms. The average molecular weight is 553 g/mol. The van der Waals surface area contributed by atoms with Crippen molar-refractivity contribution in [2.45, 2.75) is 53.1 Å². The fourth-order valence-corrected chi connectivity index (χ4v) is 4.73. The summed E-state index contributed by atoms with van der Waals surface area (Å²) in [7, 11) is -3.74. The van der Waals surface area contributed by atoms with Crippen LogP contribution in [0.4, 0.5) is 5.69 Å². The Kier molecular flexibility index (Phi) is 10.1. The summed E-state index contributed by atoms with van der Waals surface area (Å²) in [6.45, 7) is 7.82. The molecule has 0 saturated carbocycles. The third-order valence-corrected chi connectivity index (χ3v) is 7.33. The normalized spacial score (nSPS) is 12.2. The van der Waals surface area contributed by atoms with Crippen LogP contribution in [0.25, 0.3) is 0 Å². The van der Waals surface area contributed by atoms with Gasteiger partial charge in [0.2, 0.25) is 21.8 Å². The molecule has 0 aliphatic rings. The minimum Gasteiger partial charge on any atom is -0.354 e. The second-order valence-corrected chi connectivity index (χ2v) is 11.3. The topological polar surface area (TPSA) is 86.8 Å². The molecule has 2 amide bonds. The van der Waals surface area contributed by atoms with Crippen LogP contribution in [0.3, 0.4) is 0 Å². The molecule has 0 aliphatic heterocycles. The molecule has 0 fully saturated rings. The SMILES string of the molecule is CCCCNC(=O)C(C)N(Cc1cccc(Br)c1)C(=O)CN(c1ccc(C)c(C)c1)S(C)(=O)=O. The number of benzene rings is 2. The van der Waals surface area contributed by atoms with Gasteiger partial charge in [0, 0.05) is 17.6 Å². The van der Waals surface area contributed by atoms with E-state index in [1.54, 1.807) is 19.1 Å².